The smallest absolute Gasteiger partial charge is 0.142 e. The maximum Gasteiger partial charge on any atom is 0.142 e. The Morgan fingerprint density at radius 2 is 2.23 bits per heavy atom. The Morgan fingerprint density at radius 1 is 1.38 bits per heavy atom. The number of hydrogen-bond donors (Lipinski definition) is 1. The van der Waals surface area contributed by atoms with Gasteiger partial charge < -0.3 is 10.1 Å². The zero-order valence-electron chi connectivity index (χ0n) is 7.03. The van der Waals surface area contributed by atoms with Gasteiger partial charge in [0.25, 0.3) is 0 Å². The van der Waals surface area contributed by atoms with Gasteiger partial charge in [0.05, 0.1) is 6.20 Å². The molecule has 1 aliphatic heterocycles. The number of fused-ring (bicyclic) bond motifs is 1. The third-order valence-corrected chi connectivity index (χ3v) is 1.72. The summed E-state index contributed by atoms with van der Waals surface area (Å²) in [6.45, 7) is 2.53. The molecule has 0 aliphatic carbocycles. The SMILES string of the molecule is Cl.Cl.c1cc2c(cn1)OCCNC2. The summed E-state index contributed by atoms with van der Waals surface area (Å²) in [7, 11) is 0. The van der Waals surface area contributed by atoms with E-state index in [0.29, 0.717) is 0 Å². The van der Waals surface area contributed by atoms with Crippen molar-refractivity contribution in [2.45, 2.75) is 6.54 Å². The summed E-state index contributed by atoms with van der Waals surface area (Å²) in [6.07, 6.45) is 3.55. The second-order valence-electron chi connectivity index (χ2n) is 2.51. The molecule has 0 bridgehead atoms. The molecule has 2 rings (SSSR count). The summed E-state index contributed by atoms with van der Waals surface area (Å²) in [6, 6.07) is 1.98. The van der Waals surface area contributed by atoms with E-state index in [2.05, 4.69) is 10.3 Å². The first kappa shape index (κ1) is 12.5. The van der Waals surface area contributed by atoms with Crippen LogP contribution < -0.4 is 10.1 Å². The lowest BCUT2D eigenvalue weighted by Crippen LogP contribution is -2.16. The van der Waals surface area contributed by atoms with Crippen LogP contribution in [0.3, 0.4) is 0 Å². The van der Waals surface area contributed by atoms with Crippen molar-refractivity contribution in [3.05, 3.63) is 24.0 Å². The summed E-state index contributed by atoms with van der Waals surface area (Å²) >= 11 is 0. The summed E-state index contributed by atoms with van der Waals surface area (Å²) in [5.41, 5.74) is 1.19. The Labute approximate surface area is 89.7 Å². The lowest BCUT2D eigenvalue weighted by Gasteiger charge is -2.02. The van der Waals surface area contributed by atoms with Gasteiger partial charge in [-0.2, -0.15) is 0 Å². The average Bonchev–Trinajstić information content (AvgIpc) is 2.28. The van der Waals surface area contributed by atoms with Crippen molar-refractivity contribution in [3.8, 4) is 5.75 Å². The van der Waals surface area contributed by atoms with Crippen molar-refractivity contribution in [1.29, 1.82) is 0 Å². The quantitative estimate of drug-likeness (QED) is 0.721. The van der Waals surface area contributed by atoms with E-state index in [1.807, 2.05) is 6.07 Å². The number of halogens is 2. The Morgan fingerprint density at radius 3 is 3.08 bits per heavy atom. The van der Waals surface area contributed by atoms with Crippen molar-refractivity contribution in [2.75, 3.05) is 13.2 Å². The standard InChI is InChI=1S/C8H10N2O.2ClH/c1-2-9-6-8-7(1)5-10-3-4-11-8;;/h1-2,6,10H,3-5H2;2*1H. The number of rotatable bonds is 0. The van der Waals surface area contributed by atoms with Gasteiger partial charge in [0.1, 0.15) is 12.4 Å². The summed E-state index contributed by atoms with van der Waals surface area (Å²) in [5, 5.41) is 3.25. The largest absolute Gasteiger partial charge is 0.490 e. The van der Waals surface area contributed by atoms with Crippen molar-refractivity contribution < 1.29 is 4.74 Å². The first-order chi connectivity index (χ1) is 5.47. The topological polar surface area (TPSA) is 34.1 Å². The van der Waals surface area contributed by atoms with Crippen LogP contribution in [0.1, 0.15) is 5.56 Å². The van der Waals surface area contributed by atoms with Crippen molar-refractivity contribution in [3.63, 3.8) is 0 Å². The van der Waals surface area contributed by atoms with E-state index in [1.54, 1.807) is 12.4 Å². The van der Waals surface area contributed by atoms with Gasteiger partial charge in [-0.3, -0.25) is 4.98 Å². The zero-order valence-corrected chi connectivity index (χ0v) is 8.66. The Balaban J connectivity index is 0.000000720. The molecule has 1 N–H and O–H groups in total. The lowest BCUT2D eigenvalue weighted by atomic mass is 10.2. The predicted octanol–water partition coefficient (Wildman–Crippen LogP) is 1.41. The molecule has 0 aromatic carbocycles. The van der Waals surface area contributed by atoms with Crippen LogP contribution in [0, 0.1) is 0 Å². The third-order valence-electron chi connectivity index (χ3n) is 1.72. The van der Waals surface area contributed by atoms with E-state index in [-0.39, 0.29) is 24.8 Å². The van der Waals surface area contributed by atoms with Crippen LogP contribution in [-0.2, 0) is 6.54 Å². The van der Waals surface area contributed by atoms with Gasteiger partial charge >= 0.3 is 0 Å². The van der Waals surface area contributed by atoms with Gasteiger partial charge in [-0.1, -0.05) is 0 Å². The van der Waals surface area contributed by atoms with Gasteiger partial charge in [0.2, 0.25) is 0 Å². The van der Waals surface area contributed by atoms with E-state index >= 15 is 0 Å². The molecular weight excluding hydrogens is 211 g/mol. The molecule has 74 valence electrons. The zero-order chi connectivity index (χ0) is 7.52. The molecule has 3 nitrogen and oxygen atoms in total. The fraction of sp³-hybridized carbons (Fsp3) is 0.375. The number of nitrogens with one attached hydrogen (secondary N) is 1. The number of aromatic nitrogens is 1. The molecule has 0 atom stereocenters. The molecule has 1 aromatic heterocycles. The highest BCUT2D eigenvalue weighted by atomic mass is 35.5. The van der Waals surface area contributed by atoms with E-state index in [0.717, 1.165) is 25.4 Å². The first-order valence-corrected chi connectivity index (χ1v) is 3.73. The molecule has 0 radical (unpaired) electrons. The van der Waals surface area contributed by atoms with Crippen LogP contribution >= 0.6 is 24.8 Å². The predicted molar refractivity (Wildman–Crippen MR) is 55.9 cm³/mol. The van der Waals surface area contributed by atoms with E-state index in [9.17, 15) is 0 Å². The van der Waals surface area contributed by atoms with Gasteiger partial charge in [-0.25, -0.2) is 0 Å². The molecule has 0 fully saturated rings. The minimum Gasteiger partial charge on any atom is -0.490 e. The minimum atomic E-state index is 0. The molecule has 0 spiro atoms. The first-order valence-electron chi connectivity index (χ1n) is 3.73. The van der Waals surface area contributed by atoms with Gasteiger partial charge in [-0.05, 0) is 6.07 Å². The highest BCUT2D eigenvalue weighted by Crippen LogP contribution is 2.16. The van der Waals surface area contributed by atoms with E-state index < -0.39 is 0 Å². The Kier molecular flexibility index (Phi) is 5.79. The molecule has 2 heterocycles. The van der Waals surface area contributed by atoms with Gasteiger partial charge in [0.15, 0.2) is 0 Å². The second kappa shape index (κ2) is 6.02. The van der Waals surface area contributed by atoms with Crippen LogP contribution in [0.5, 0.6) is 5.75 Å². The summed E-state index contributed by atoms with van der Waals surface area (Å²) in [4.78, 5) is 3.99. The third kappa shape index (κ3) is 3.03. The lowest BCUT2D eigenvalue weighted by molar-refractivity contribution is 0.324. The molecule has 0 unspecified atom stereocenters. The number of pyridine rings is 1. The van der Waals surface area contributed by atoms with Crippen LogP contribution in [0.15, 0.2) is 18.5 Å². The fourth-order valence-electron chi connectivity index (χ4n) is 1.14. The van der Waals surface area contributed by atoms with Crippen molar-refractivity contribution in [1.82, 2.24) is 10.3 Å². The van der Waals surface area contributed by atoms with Crippen molar-refractivity contribution >= 4 is 24.8 Å². The highest BCUT2D eigenvalue weighted by molar-refractivity contribution is 5.85. The van der Waals surface area contributed by atoms with E-state index in [1.165, 1.54) is 5.56 Å². The molecular formula is C8H12Cl2N2O. The fourth-order valence-corrected chi connectivity index (χ4v) is 1.14. The number of hydrogen-bond acceptors (Lipinski definition) is 3. The highest BCUT2D eigenvalue weighted by Gasteiger charge is 2.05. The van der Waals surface area contributed by atoms with Gasteiger partial charge in [0, 0.05) is 24.8 Å². The maximum absolute atomic E-state index is 5.42. The van der Waals surface area contributed by atoms with Gasteiger partial charge in [-0.15, -0.1) is 24.8 Å². The molecule has 0 saturated carbocycles. The van der Waals surface area contributed by atoms with Crippen LogP contribution in [0.4, 0.5) is 0 Å². The van der Waals surface area contributed by atoms with Crippen LogP contribution in [0.2, 0.25) is 0 Å². The molecule has 0 amide bonds. The van der Waals surface area contributed by atoms with Crippen molar-refractivity contribution in [2.24, 2.45) is 0 Å². The summed E-state index contributed by atoms with van der Waals surface area (Å²) < 4.78 is 5.42. The second-order valence-corrected chi connectivity index (χ2v) is 2.51. The summed E-state index contributed by atoms with van der Waals surface area (Å²) in [5.74, 6) is 0.914. The normalized spacial score (nSPS) is 13.8. The number of nitrogens with zero attached hydrogens (tertiary/aromatic N) is 1. The van der Waals surface area contributed by atoms with E-state index in [4.69, 9.17) is 4.74 Å². The molecule has 0 saturated heterocycles. The maximum atomic E-state index is 5.42. The number of ether oxygens (including phenoxy) is 1. The molecule has 1 aromatic rings. The minimum absolute atomic E-state index is 0. The monoisotopic (exact) mass is 222 g/mol. The molecule has 5 heteroatoms. The average molecular weight is 223 g/mol. The molecule has 13 heavy (non-hydrogen) atoms. The van der Waals surface area contributed by atoms with Crippen LogP contribution in [0.25, 0.3) is 0 Å². The Hall–Kier alpha value is -0.510. The van der Waals surface area contributed by atoms with Crippen LogP contribution in [-0.4, -0.2) is 18.1 Å². The Bertz CT molecular complexity index is 233. The molecule has 1 aliphatic rings.